The van der Waals surface area contributed by atoms with Crippen molar-refractivity contribution in [1.29, 1.82) is 0 Å². The molecule has 3 saturated carbocycles. The van der Waals surface area contributed by atoms with Crippen LogP contribution >= 0.6 is 0 Å². The average molecular weight is 306 g/mol. The highest BCUT2D eigenvalue weighted by Gasteiger charge is 2.43. The lowest BCUT2D eigenvalue weighted by Crippen LogP contribution is -2.40. The zero-order chi connectivity index (χ0) is 15.8. The van der Waals surface area contributed by atoms with Crippen LogP contribution in [0.3, 0.4) is 0 Å². The molecule has 1 spiro atoms. The first-order valence-electron chi connectivity index (χ1n) is 10.1. The molecule has 1 heteroatoms. The molecule has 0 saturated heterocycles. The molecule has 0 amide bonds. The quantitative estimate of drug-likeness (QED) is 0.666. The molecule has 1 atom stereocenters. The van der Waals surface area contributed by atoms with Crippen LogP contribution < -0.4 is 5.32 Å². The zero-order valence-electron chi connectivity index (χ0n) is 15.6. The smallest absolute Gasteiger partial charge is 0.00751 e. The third-order valence-corrected chi connectivity index (χ3v) is 7.46. The minimum atomic E-state index is 0.524. The predicted octanol–water partition coefficient (Wildman–Crippen LogP) is 5.93. The van der Waals surface area contributed by atoms with Gasteiger partial charge in [0.2, 0.25) is 0 Å². The Kier molecular flexibility index (Phi) is 4.93. The van der Waals surface area contributed by atoms with Gasteiger partial charge in [0.15, 0.2) is 0 Å². The van der Waals surface area contributed by atoms with Crippen LogP contribution in [0.15, 0.2) is 0 Å². The van der Waals surface area contributed by atoms with Crippen LogP contribution in [-0.4, -0.2) is 12.1 Å². The Labute approximate surface area is 139 Å². The molecule has 3 rings (SSSR count). The lowest BCUT2D eigenvalue weighted by atomic mass is 9.63. The summed E-state index contributed by atoms with van der Waals surface area (Å²) in [5.74, 6) is 1.94. The summed E-state index contributed by atoms with van der Waals surface area (Å²) < 4.78 is 0. The lowest BCUT2D eigenvalue weighted by Gasteiger charge is -2.42. The largest absolute Gasteiger partial charge is 0.311 e. The topological polar surface area (TPSA) is 12.0 Å². The monoisotopic (exact) mass is 305 g/mol. The van der Waals surface area contributed by atoms with Crippen molar-refractivity contribution < 1.29 is 0 Å². The second-order valence-electron chi connectivity index (χ2n) is 10.2. The minimum absolute atomic E-state index is 0.524. The number of nitrogens with one attached hydrogen (secondary N) is 1. The molecule has 0 aliphatic heterocycles. The van der Waals surface area contributed by atoms with E-state index in [1.54, 1.807) is 0 Å². The van der Waals surface area contributed by atoms with Crippen molar-refractivity contribution in [2.75, 3.05) is 0 Å². The summed E-state index contributed by atoms with van der Waals surface area (Å²) >= 11 is 0. The molecule has 0 aromatic rings. The van der Waals surface area contributed by atoms with Gasteiger partial charge >= 0.3 is 0 Å². The Bertz CT molecular complexity index is 351. The second kappa shape index (κ2) is 6.46. The maximum absolute atomic E-state index is 4.05. The van der Waals surface area contributed by atoms with Crippen LogP contribution in [0.1, 0.15) is 98.3 Å². The van der Waals surface area contributed by atoms with Crippen molar-refractivity contribution in [3.05, 3.63) is 0 Å². The summed E-state index contributed by atoms with van der Waals surface area (Å²) in [5, 5.41) is 4.05. The molecule has 0 aromatic heterocycles. The SMILES string of the molecule is CC1CCC(NC2CCC3(CCC(C(C)(C)C)CC3)C2)CC1. The molecule has 0 heterocycles. The Balaban J connectivity index is 1.46. The van der Waals surface area contributed by atoms with Crippen LogP contribution in [0.4, 0.5) is 0 Å². The van der Waals surface area contributed by atoms with Gasteiger partial charge in [0.1, 0.15) is 0 Å². The summed E-state index contributed by atoms with van der Waals surface area (Å²) in [6, 6.07) is 1.67. The van der Waals surface area contributed by atoms with E-state index in [-0.39, 0.29) is 0 Å². The first kappa shape index (κ1) is 16.8. The first-order valence-corrected chi connectivity index (χ1v) is 10.1. The highest BCUT2D eigenvalue weighted by atomic mass is 15.0. The normalized spacial score (nSPS) is 43.6. The molecule has 0 radical (unpaired) electrons. The van der Waals surface area contributed by atoms with Gasteiger partial charge in [-0.2, -0.15) is 0 Å². The molecular weight excluding hydrogens is 266 g/mol. The fraction of sp³-hybridized carbons (Fsp3) is 1.00. The molecule has 128 valence electrons. The second-order valence-corrected chi connectivity index (χ2v) is 10.2. The van der Waals surface area contributed by atoms with Crippen LogP contribution in [0, 0.1) is 22.7 Å². The van der Waals surface area contributed by atoms with Crippen molar-refractivity contribution in [1.82, 2.24) is 5.32 Å². The Morgan fingerprint density at radius 3 is 1.95 bits per heavy atom. The van der Waals surface area contributed by atoms with Crippen LogP contribution in [0.2, 0.25) is 0 Å². The molecule has 22 heavy (non-hydrogen) atoms. The van der Waals surface area contributed by atoms with Gasteiger partial charge in [0.05, 0.1) is 0 Å². The van der Waals surface area contributed by atoms with Crippen LogP contribution in [0.5, 0.6) is 0 Å². The molecule has 3 fully saturated rings. The van der Waals surface area contributed by atoms with E-state index in [2.05, 4.69) is 33.0 Å². The number of hydrogen-bond acceptors (Lipinski definition) is 1. The maximum Gasteiger partial charge on any atom is 0.00751 e. The molecular formula is C21H39N. The van der Waals surface area contributed by atoms with E-state index in [4.69, 9.17) is 0 Å². The van der Waals surface area contributed by atoms with Gasteiger partial charge in [-0.05, 0) is 93.3 Å². The molecule has 3 aliphatic rings. The summed E-state index contributed by atoms with van der Waals surface area (Å²) in [7, 11) is 0. The number of rotatable bonds is 2. The summed E-state index contributed by atoms with van der Waals surface area (Å²) in [4.78, 5) is 0. The van der Waals surface area contributed by atoms with Gasteiger partial charge in [-0.25, -0.2) is 0 Å². The van der Waals surface area contributed by atoms with E-state index >= 15 is 0 Å². The Hall–Kier alpha value is -0.0400. The highest BCUT2D eigenvalue weighted by molar-refractivity contribution is 4.97. The van der Waals surface area contributed by atoms with Crippen molar-refractivity contribution in [2.24, 2.45) is 22.7 Å². The summed E-state index contributed by atoms with van der Waals surface area (Å²) in [6.45, 7) is 9.75. The van der Waals surface area contributed by atoms with E-state index in [9.17, 15) is 0 Å². The van der Waals surface area contributed by atoms with Crippen LogP contribution in [-0.2, 0) is 0 Å². The predicted molar refractivity (Wildman–Crippen MR) is 96.0 cm³/mol. The fourth-order valence-electron chi connectivity index (χ4n) is 5.66. The first-order chi connectivity index (χ1) is 10.4. The van der Waals surface area contributed by atoms with E-state index in [0.717, 1.165) is 29.3 Å². The molecule has 1 nitrogen and oxygen atoms in total. The third-order valence-electron chi connectivity index (χ3n) is 7.46. The van der Waals surface area contributed by atoms with Crippen LogP contribution in [0.25, 0.3) is 0 Å². The van der Waals surface area contributed by atoms with Gasteiger partial charge < -0.3 is 5.32 Å². The minimum Gasteiger partial charge on any atom is -0.311 e. The lowest BCUT2D eigenvalue weighted by molar-refractivity contribution is 0.0893. The average Bonchev–Trinajstić information content (AvgIpc) is 2.84. The van der Waals surface area contributed by atoms with Crippen molar-refractivity contribution in [3.8, 4) is 0 Å². The van der Waals surface area contributed by atoms with Crippen molar-refractivity contribution in [3.63, 3.8) is 0 Å². The molecule has 1 unspecified atom stereocenters. The zero-order valence-corrected chi connectivity index (χ0v) is 15.6. The molecule has 0 aromatic carbocycles. The van der Waals surface area contributed by atoms with Crippen molar-refractivity contribution in [2.45, 2.75) is 110 Å². The van der Waals surface area contributed by atoms with Gasteiger partial charge in [-0.1, -0.05) is 27.7 Å². The fourth-order valence-corrected chi connectivity index (χ4v) is 5.66. The summed E-state index contributed by atoms with van der Waals surface area (Å²) in [5.41, 5.74) is 1.25. The number of hydrogen-bond donors (Lipinski definition) is 1. The van der Waals surface area contributed by atoms with Crippen molar-refractivity contribution >= 4 is 0 Å². The van der Waals surface area contributed by atoms with E-state index in [1.807, 2.05) is 0 Å². The van der Waals surface area contributed by atoms with E-state index < -0.39 is 0 Å². The molecule has 1 N–H and O–H groups in total. The Morgan fingerprint density at radius 2 is 1.36 bits per heavy atom. The van der Waals surface area contributed by atoms with Gasteiger partial charge in [0, 0.05) is 12.1 Å². The maximum atomic E-state index is 4.05. The van der Waals surface area contributed by atoms with E-state index in [0.29, 0.717) is 5.41 Å². The molecule has 3 aliphatic carbocycles. The standard InChI is InChI=1S/C21H39N/c1-16-5-7-18(8-6-16)22-19-11-14-21(15-19)12-9-17(10-13-21)20(2,3)4/h16-19,22H,5-15H2,1-4H3. The van der Waals surface area contributed by atoms with Gasteiger partial charge in [0.25, 0.3) is 0 Å². The molecule has 0 bridgehead atoms. The van der Waals surface area contributed by atoms with Gasteiger partial charge in [-0.3, -0.25) is 0 Å². The third kappa shape index (κ3) is 3.89. The van der Waals surface area contributed by atoms with E-state index in [1.165, 1.54) is 70.6 Å². The Morgan fingerprint density at radius 1 is 0.773 bits per heavy atom. The van der Waals surface area contributed by atoms with Gasteiger partial charge in [-0.15, -0.1) is 0 Å². The highest BCUT2D eigenvalue weighted by Crippen LogP contribution is 2.53. The summed E-state index contributed by atoms with van der Waals surface area (Å²) in [6.07, 6.45) is 16.2.